The third-order valence-corrected chi connectivity index (χ3v) is 5.81. The first-order valence-corrected chi connectivity index (χ1v) is 11.4. The summed E-state index contributed by atoms with van der Waals surface area (Å²) < 4.78 is 0. The fourth-order valence-corrected chi connectivity index (χ4v) is 4.15. The molecule has 3 rings (SSSR count). The maximum Gasteiger partial charge on any atom is 0.255 e. The van der Waals surface area contributed by atoms with Crippen molar-refractivity contribution in [2.75, 3.05) is 32.7 Å². The van der Waals surface area contributed by atoms with Crippen LogP contribution in [-0.2, 0) is 6.54 Å². The van der Waals surface area contributed by atoms with Crippen LogP contribution in [-0.4, -0.2) is 60.6 Å². The molecule has 2 aromatic rings. The van der Waals surface area contributed by atoms with Gasteiger partial charge in [-0.3, -0.25) is 14.7 Å². The average Bonchev–Trinajstić information content (AvgIpc) is 3.26. The molecule has 2 heterocycles. The fourth-order valence-electron chi connectivity index (χ4n) is 3.49. The smallest absolute Gasteiger partial charge is 0.255 e. The molecular formula is C22H32IN5O2S. The fraction of sp³-hybridized carbons (Fsp3) is 0.455. The SMILES string of the molecule is CCNC(=NCCNC(=O)c1ccccc1O)NC1CCN(Cc2ccsc2)CC1.I. The van der Waals surface area contributed by atoms with Crippen LogP contribution in [0.25, 0.3) is 0 Å². The van der Waals surface area contributed by atoms with Crippen LogP contribution < -0.4 is 16.0 Å². The number of phenols is 1. The van der Waals surface area contributed by atoms with Gasteiger partial charge in [0, 0.05) is 38.8 Å². The van der Waals surface area contributed by atoms with Gasteiger partial charge >= 0.3 is 0 Å². The second-order valence-corrected chi connectivity index (χ2v) is 8.14. The molecule has 0 aliphatic carbocycles. The number of aliphatic imine (C=N–C) groups is 1. The predicted octanol–water partition coefficient (Wildman–Crippen LogP) is 3.02. The molecule has 1 aromatic carbocycles. The van der Waals surface area contributed by atoms with Crippen molar-refractivity contribution in [1.82, 2.24) is 20.9 Å². The number of carbonyl (C=O) groups excluding carboxylic acids is 1. The first kappa shape index (κ1) is 25.4. The molecule has 0 radical (unpaired) electrons. The number of piperidine rings is 1. The van der Waals surface area contributed by atoms with Crippen LogP contribution in [0.15, 0.2) is 46.1 Å². The maximum atomic E-state index is 12.1. The molecule has 1 fully saturated rings. The van der Waals surface area contributed by atoms with Gasteiger partial charge in [-0.15, -0.1) is 24.0 Å². The average molecular weight is 558 g/mol. The number of thiophene rings is 1. The van der Waals surface area contributed by atoms with Gasteiger partial charge in [0.25, 0.3) is 5.91 Å². The normalized spacial score (nSPS) is 15.2. The lowest BCUT2D eigenvalue weighted by Crippen LogP contribution is -2.48. The number of halogens is 1. The van der Waals surface area contributed by atoms with Crippen molar-refractivity contribution in [3.8, 4) is 5.75 Å². The largest absolute Gasteiger partial charge is 0.507 e. The Kier molecular flexibility index (Phi) is 11.1. The van der Waals surface area contributed by atoms with Crippen molar-refractivity contribution in [1.29, 1.82) is 0 Å². The Morgan fingerprint density at radius 2 is 2.00 bits per heavy atom. The van der Waals surface area contributed by atoms with Gasteiger partial charge in [-0.1, -0.05) is 12.1 Å². The molecule has 0 atom stereocenters. The second-order valence-electron chi connectivity index (χ2n) is 7.36. The van der Waals surface area contributed by atoms with Gasteiger partial charge in [-0.25, -0.2) is 0 Å². The molecule has 1 aliphatic rings. The first-order chi connectivity index (χ1) is 14.7. The molecule has 0 bridgehead atoms. The number of aromatic hydroxyl groups is 1. The highest BCUT2D eigenvalue weighted by Gasteiger charge is 2.20. The number of carbonyl (C=O) groups is 1. The molecule has 1 aliphatic heterocycles. The van der Waals surface area contributed by atoms with Gasteiger partial charge in [-0.2, -0.15) is 11.3 Å². The van der Waals surface area contributed by atoms with E-state index in [-0.39, 0.29) is 41.2 Å². The Balaban J connectivity index is 0.00000341. The van der Waals surface area contributed by atoms with E-state index in [1.165, 1.54) is 11.6 Å². The second kappa shape index (κ2) is 13.5. The summed E-state index contributed by atoms with van der Waals surface area (Å²) in [5.41, 5.74) is 1.67. The van der Waals surface area contributed by atoms with Crippen LogP contribution in [0.1, 0.15) is 35.7 Å². The van der Waals surface area contributed by atoms with Crippen LogP contribution in [0.5, 0.6) is 5.75 Å². The Labute approximate surface area is 205 Å². The molecule has 9 heteroatoms. The van der Waals surface area contributed by atoms with Crippen molar-refractivity contribution in [2.24, 2.45) is 4.99 Å². The molecule has 1 saturated heterocycles. The van der Waals surface area contributed by atoms with Crippen molar-refractivity contribution in [3.05, 3.63) is 52.2 Å². The molecule has 31 heavy (non-hydrogen) atoms. The highest BCUT2D eigenvalue weighted by atomic mass is 127. The first-order valence-electron chi connectivity index (χ1n) is 10.5. The molecule has 0 saturated carbocycles. The summed E-state index contributed by atoms with van der Waals surface area (Å²) in [6, 6.07) is 9.12. The monoisotopic (exact) mass is 557 g/mol. The number of guanidine groups is 1. The summed E-state index contributed by atoms with van der Waals surface area (Å²) >= 11 is 1.75. The lowest BCUT2D eigenvalue weighted by molar-refractivity contribution is 0.0952. The Morgan fingerprint density at radius 3 is 2.68 bits per heavy atom. The van der Waals surface area contributed by atoms with E-state index in [9.17, 15) is 9.90 Å². The van der Waals surface area contributed by atoms with E-state index in [2.05, 4.69) is 42.7 Å². The molecule has 170 valence electrons. The number of hydrogen-bond acceptors (Lipinski definition) is 5. The van der Waals surface area contributed by atoms with E-state index < -0.39 is 0 Å². The zero-order valence-electron chi connectivity index (χ0n) is 17.8. The summed E-state index contributed by atoms with van der Waals surface area (Å²) in [4.78, 5) is 19.2. The molecular weight excluding hydrogens is 525 g/mol. The van der Waals surface area contributed by atoms with Gasteiger partial charge in [-0.05, 0) is 54.3 Å². The minimum atomic E-state index is -0.292. The number of nitrogens with zero attached hydrogens (tertiary/aromatic N) is 2. The Morgan fingerprint density at radius 1 is 1.23 bits per heavy atom. The molecule has 1 aromatic heterocycles. The number of phenolic OH excluding ortho intramolecular Hbond substituents is 1. The summed E-state index contributed by atoms with van der Waals surface area (Å²) in [6.07, 6.45) is 2.16. The van der Waals surface area contributed by atoms with Crippen molar-refractivity contribution in [3.63, 3.8) is 0 Å². The predicted molar refractivity (Wildman–Crippen MR) is 138 cm³/mol. The minimum Gasteiger partial charge on any atom is -0.507 e. The number of para-hydroxylation sites is 1. The highest BCUT2D eigenvalue weighted by Crippen LogP contribution is 2.16. The summed E-state index contributed by atoms with van der Waals surface area (Å²) in [7, 11) is 0. The topological polar surface area (TPSA) is 89.0 Å². The molecule has 0 spiro atoms. The van der Waals surface area contributed by atoms with E-state index in [1.54, 1.807) is 29.5 Å². The lowest BCUT2D eigenvalue weighted by atomic mass is 10.0. The van der Waals surface area contributed by atoms with Gasteiger partial charge in [0.1, 0.15) is 5.75 Å². The number of likely N-dealkylation sites (tertiary alicyclic amines) is 1. The standard InChI is InChI=1S/C22H31N5O2S.HI/c1-2-23-22(25-11-10-24-21(29)19-5-3-4-6-20(19)28)26-18-7-12-27(13-8-18)15-17-9-14-30-16-17;/h3-6,9,14,16,18,28H,2,7-8,10-13,15H2,1H3,(H,24,29)(H2,23,25,26);1H. The van der Waals surface area contributed by atoms with Gasteiger partial charge in [0.15, 0.2) is 5.96 Å². The molecule has 0 unspecified atom stereocenters. The highest BCUT2D eigenvalue weighted by molar-refractivity contribution is 14.0. The van der Waals surface area contributed by atoms with E-state index in [0.717, 1.165) is 45.0 Å². The van der Waals surface area contributed by atoms with Crippen LogP contribution in [0.2, 0.25) is 0 Å². The van der Waals surface area contributed by atoms with Crippen LogP contribution >= 0.6 is 35.3 Å². The zero-order chi connectivity index (χ0) is 21.2. The number of rotatable bonds is 8. The van der Waals surface area contributed by atoms with E-state index in [0.29, 0.717) is 19.1 Å². The van der Waals surface area contributed by atoms with Crippen molar-refractivity contribution in [2.45, 2.75) is 32.4 Å². The molecule has 1 amide bonds. The summed E-state index contributed by atoms with van der Waals surface area (Å²) in [5.74, 6) is 0.476. The van der Waals surface area contributed by atoms with Crippen molar-refractivity contribution < 1.29 is 9.90 Å². The minimum absolute atomic E-state index is 0. The van der Waals surface area contributed by atoms with E-state index in [4.69, 9.17) is 0 Å². The van der Waals surface area contributed by atoms with E-state index >= 15 is 0 Å². The zero-order valence-corrected chi connectivity index (χ0v) is 21.0. The van der Waals surface area contributed by atoms with E-state index in [1.807, 2.05) is 6.92 Å². The third-order valence-electron chi connectivity index (χ3n) is 5.07. The Bertz CT molecular complexity index is 823. The quantitative estimate of drug-likeness (QED) is 0.174. The molecule has 7 nitrogen and oxygen atoms in total. The number of benzene rings is 1. The summed E-state index contributed by atoms with van der Waals surface area (Å²) in [5, 5.41) is 23.7. The van der Waals surface area contributed by atoms with Gasteiger partial charge in [0.05, 0.1) is 12.1 Å². The summed E-state index contributed by atoms with van der Waals surface area (Å²) in [6.45, 7) is 6.87. The van der Waals surface area contributed by atoms with Crippen LogP contribution in [0, 0.1) is 0 Å². The number of amides is 1. The molecule has 4 N–H and O–H groups in total. The van der Waals surface area contributed by atoms with Gasteiger partial charge in [0.2, 0.25) is 0 Å². The van der Waals surface area contributed by atoms with Crippen LogP contribution in [0.4, 0.5) is 0 Å². The maximum absolute atomic E-state index is 12.1. The number of hydrogen-bond donors (Lipinski definition) is 4. The number of nitrogens with one attached hydrogen (secondary N) is 3. The van der Waals surface area contributed by atoms with Crippen LogP contribution in [0.3, 0.4) is 0 Å². The van der Waals surface area contributed by atoms with Crippen molar-refractivity contribution >= 4 is 47.2 Å². The Hall–Kier alpha value is -1.85. The van der Waals surface area contributed by atoms with Gasteiger partial charge < -0.3 is 21.1 Å². The third kappa shape index (κ3) is 8.30. The lowest BCUT2D eigenvalue weighted by Gasteiger charge is -2.33.